The molecule has 0 saturated heterocycles. The van der Waals surface area contributed by atoms with Crippen LogP contribution in [0, 0.1) is 25.5 Å². The van der Waals surface area contributed by atoms with Gasteiger partial charge in [-0.3, -0.25) is 4.79 Å². The van der Waals surface area contributed by atoms with Crippen molar-refractivity contribution in [3.8, 4) is 0 Å². The third kappa shape index (κ3) is 4.98. The van der Waals surface area contributed by atoms with Gasteiger partial charge >= 0.3 is 0 Å². The fourth-order valence-corrected chi connectivity index (χ4v) is 3.10. The molecule has 1 aromatic heterocycles. The molecule has 1 heterocycles. The van der Waals surface area contributed by atoms with E-state index in [-0.39, 0.29) is 17.9 Å². The number of carbonyl (C=O) groups excluding carboxylic acids is 1. The second-order valence-corrected chi connectivity index (χ2v) is 6.59. The summed E-state index contributed by atoms with van der Waals surface area (Å²) >= 11 is 1.47. The van der Waals surface area contributed by atoms with Crippen molar-refractivity contribution < 1.29 is 13.6 Å². The average Bonchev–Trinajstić information content (AvgIpc) is 2.53. The fraction of sp³-hybridized carbons (Fsp3) is 0.389. The Hall–Kier alpha value is -2.02. The van der Waals surface area contributed by atoms with Crippen LogP contribution in [-0.2, 0) is 11.2 Å². The number of thioether (sulfide) groups is 1. The number of aromatic nitrogens is 2. The van der Waals surface area contributed by atoms with Gasteiger partial charge in [0.2, 0.25) is 5.91 Å². The summed E-state index contributed by atoms with van der Waals surface area (Å²) in [5.41, 5.74) is 2.94. The van der Waals surface area contributed by atoms with Crippen LogP contribution >= 0.6 is 11.8 Å². The fourth-order valence-electron chi connectivity index (χ4n) is 2.64. The highest BCUT2D eigenvalue weighted by Crippen LogP contribution is 2.19. The van der Waals surface area contributed by atoms with Gasteiger partial charge in [-0.15, -0.1) is 0 Å². The topological polar surface area (TPSA) is 54.9 Å². The molecule has 25 heavy (non-hydrogen) atoms. The van der Waals surface area contributed by atoms with Crippen LogP contribution in [0.15, 0.2) is 23.4 Å². The van der Waals surface area contributed by atoms with E-state index in [4.69, 9.17) is 0 Å². The normalized spacial score (nSPS) is 12.1. The summed E-state index contributed by atoms with van der Waals surface area (Å²) in [4.78, 5) is 21.0. The molecule has 1 amide bonds. The number of nitrogens with one attached hydrogen (secondary N) is 1. The van der Waals surface area contributed by atoms with Gasteiger partial charge in [-0.1, -0.05) is 17.8 Å². The summed E-state index contributed by atoms with van der Waals surface area (Å²) in [5, 5.41) is 3.45. The predicted molar refractivity (Wildman–Crippen MR) is 94.5 cm³/mol. The van der Waals surface area contributed by atoms with Crippen molar-refractivity contribution >= 4 is 17.7 Å². The molecule has 1 N–H and O–H groups in total. The molecule has 4 nitrogen and oxygen atoms in total. The molecule has 0 aliphatic heterocycles. The summed E-state index contributed by atoms with van der Waals surface area (Å²) in [6, 6.07) is 2.80. The van der Waals surface area contributed by atoms with Crippen molar-refractivity contribution in [3.05, 3.63) is 52.3 Å². The SMILES string of the molecule is CSc1nc(C)c(CCC(=O)N[C@H](C)c2ccc(F)cc2F)c(C)n1. The molecule has 134 valence electrons. The van der Waals surface area contributed by atoms with Gasteiger partial charge in [-0.2, -0.15) is 0 Å². The predicted octanol–water partition coefficient (Wildman–Crippen LogP) is 3.90. The van der Waals surface area contributed by atoms with Gasteiger partial charge in [0.05, 0.1) is 6.04 Å². The molecular formula is C18H21F2N3OS. The molecule has 0 aliphatic rings. The maximum absolute atomic E-state index is 13.8. The van der Waals surface area contributed by atoms with Crippen LogP contribution in [-0.4, -0.2) is 22.1 Å². The number of aryl methyl sites for hydroxylation is 2. The Kier molecular flexibility index (Phi) is 6.47. The van der Waals surface area contributed by atoms with Crippen LogP contribution in [0.25, 0.3) is 0 Å². The summed E-state index contributed by atoms with van der Waals surface area (Å²) in [6.07, 6.45) is 2.67. The zero-order valence-electron chi connectivity index (χ0n) is 14.7. The van der Waals surface area contributed by atoms with E-state index in [0.717, 1.165) is 23.0 Å². The number of amides is 1. The minimum absolute atomic E-state index is 0.205. The van der Waals surface area contributed by atoms with Crippen LogP contribution in [0.2, 0.25) is 0 Å². The molecule has 7 heteroatoms. The molecule has 0 radical (unpaired) electrons. The van der Waals surface area contributed by atoms with E-state index in [1.54, 1.807) is 6.92 Å². The second kappa shape index (κ2) is 8.38. The Balaban J connectivity index is 1.99. The lowest BCUT2D eigenvalue weighted by molar-refractivity contribution is -0.121. The van der Waals surface area contributed by atoms with Crippen molar-refractivity contribution in [1.82, 2.24) is 15.3 Å². The zero-order valence-corrected chi connectivity index (χ0v) is 15.5. The molecule has 1 aromatic carbocycles. The van der Waals surface area contributed by atoms with E-state index in [9.17, 15) is 13.6 Å². The Labute approximate surface area is 150 Å². The van der Waals surface area contributed by atoms with Gasteiger partial charge in [0, 0.05) is 29.4 Å². The molecule has 0 aliphatic carbocycles. The number of nitrogens with zero attached hydrogens (tertiary/aromatic N) is 2. The van der Waals surface area contributed by atoms with E-state index >= 15 is 0 Å². The first-order chi connectivity index (χ1) is 11.8. The highest BCUT2D eigenvalue weighted by molar-refractivity contribution is 7.98. The van der Waals surface area contributed by atoms with Crippen molar-refractivity contribution in [2.24, 2.45) is 0 Å². The minimum Gasteiger partial charge on any atom is -0.349 e. The number of carbonyl (C=O) groups is 1. The van der Waals surface area contributed by atoms with Gasteiger partial charge in [-0.25, -0.2) is 18.7 Å². The van der Waals surface area contributed by atoms with Crippen molar-refractivity contribution in [3.63, 3.8) is 0 Å². The van der Waals surface area contributed by atoms with Crippen molar-refractivity contribution in [1.29, 1.82) is 0 Å². The first-order valence-electron chi connectivity index (χ1n) is 7.94. The maximum Gasteiger partial charge on any atom is 0.220 e. The van der Waals surface area contributed by atoms with Gasteiger partial charge in [0.1, 0.15) is 11.6 Å². The maximum atomic E-state index is 13.8. The second-order valence-electron chi connectivity index (χ2n) is 5.81. The summed E-state index contributed by atoms with van der Waals surface area (Å²) in [7, 11) is 0. The van der Waals surface area contributed by atoms with E-state index in [1.165, 1.54) is 23.9 Å². The summed E-state index contributed by atoms with van der Waals surface area (Å²) < 4.78 is 26.7. The Bertz CT molecular complexity index is 760. The highest BCUT2D eigenvalue weighted by Gasteiger charge is 2.15. The number of benzene rings is 1. The van der Waals surface area contributed by atoms with Gasteiger partial charge < -0.3 is 5.32 Å². The van der Waals surface area contributed by atoms with Crippen molar-refractivity contribution in [2.45, 2.75) is 44.8 Å². The third-order valence-electron chi connectivity index (χ3n) is 3.99. The number of hydrogen-bond donors (Lipinski definition) is 1. The molecule has 2 rings (SSSR count). The first-order valence-corrected chi connectivity index (χ1v) is 9.16. The van der Waals surface area contributed by atoms with Gasteiger partial charge in [0.25, 0.3) is 0 Å². The highest BCUT2D eigenvalue weighted by atomic mass is 32.2. The minimum atomic E-state index is -0.666. The summed E-state index contributed by atoms with van der Waals surface area (Å²) in [6.45, 7) is 5.47. The number of rotatable bonds is 6. The van der Waals surface area contributed by atoms with Gasteiger partial charge in [0.15, 0.2) is 5.16 Å². The molecule has 2 aromatic rings. The van der Waals surface area contributed by atoms with E-state index < -0.39 is 17.7 Å². The smallest absolute Gasteiger partial charge is 0.220 e. The molecule has 0 unspecified atom stereocenters. The van der Waals surface area contributed by atoms with Crippen molar-refractivity contribution in [2.75, 3.05) is 6.26 Å². The molecule has 1 atom stereocenters. The lowest BCUT2D eigenvalue weighted by Gasteiger charge is -2.16. The monoisotopic (exact) mass is 365 g/mol. The lowest BCUT2D eigenvalue weighted by atomic mass is 10.0. The molecule has 0 bridgehead atoms. The average molecular weight is 365 g/mol. The molecule has 0 fully saturated rings. The van der Waals surface area contributed by atoms with Crippen LogP contribution in [0.3, 0.4) is 0 Å². The Morgan fingerprint density at radius 3 is 2.44 bits per heavy atom. The number of hydrogen-bond acceptors (Lipinski definition) is 4. The van der Waals surface area contributed by atoms with Crippen LogP contribution in [0.1, 0.15) is 41.9 Å². The van der Waals surface area contributed by atoms with Crippen LogP contribution in [0.4, 0.5) is 8.78 Å². The molecule has 0 spiro atoms. The standard InChI is InChI=1S/C18H21F2N3OS/c1-10-14(11(2)23-18(22-10)25-4)7-8-17(24)21-12(3)15-6-5-13(19)9-16(15)20/h5-6,9,12H,7-8H2,1-4H3,(H,21,24)/t12-/m1/s1. The van der Waals surface area contributed by atoms with Gasteiger partial charge in [-0.05, 0) is 45.1 Å². The quantitative estimate of drug-likeness (QED) is 0.623. The van der Waals surface area contributed by atoms with Crippen LogP contribution < -0.4 is 5.32 Å². The molecular weight excluding hydrogens is 344 g/mol. The molecule has 0 saturated carbocycles. The Morgan fingerprint density at radius 2 is 1.88 bits per heavy atom. The van der Waals surface area contributed by atoms with E-state index in [2.05, 4.69) is 15.3 Å². The largest absolute Gasteiger partial charge is 0.349 e. The van der Waals surface area contributed by atoms with Crippen LogP contribution in [0.5, 0.6) is 0 Å². The zero-order chi connectivity index (χ0) is 18.6. The Morgan fingerprint density at radius 1 is 1.24 bits per heavy atom. The lowest BCUT2D eigenvalue weighted by Crippen LogP contribution is -2.27. The third-order valence-corrected chi connectivity index (χ3v) is 4.54. The first kappa shape index (κ1) is 19.3. The van der Waals surface area contributed by atoms with E-state index in [1.807, 2.05) is 20.1 Å². The summed E-state index contributed by atoms with van der Waals surface area (Å²) in [5.74, 6) is -1.51. The number of halogens is 2. The van der Waals surface area contributed by atoms with E-state index in [0.29, 0.717) is 11.6 Å².